The summed E-state index contributed by atoms with van der Waals surface area (Å²) in [6.45, 7) is 0.416. The standard InChI is InChI=1S/C18H14N4O3S/c1-23-12-8-6-11(7-9-12)16-19-20-18-22(16)21-17(26-18)15-10-24-13-4-2-3-5-14(13)25-15/h2-9,15H,10H2,1H3/t15-/m1/s1. The highest BCUT2D eigenvalue weighted by atomic mass is 32.1. The highest BCUT2D eigenvalue weighted by molar-refractivity contribution is 7.16. The number of hydrogen-bond acceptors (Lipinski definition) is 7. The molecule has 0 fully saturated rings. The Hall–Kier alpha value is -3.13. The molecule has 0 unspecified atom stereocenters. The Morgan fingerprint density at radius 2 is 1.88 bits per heavy atom. The van der Waals surface area contributed by atoms with Crippen molar-refractivity contribution in [1.29, 1.82) is 0 Å². The highest BCUT2D eigenvalue weighted by Crippen LogP contribution is 2.37. The lowest BCUT2D eigenvalue weighted by atomic mass is 10.2. The van der Waals surface area contributed by atoms with Crippen LogP contribution >= 0.6 is 11.3 Å². The first-order valence-corrected chi connectivity index (χ1v) is 8.88. The minimum atomic E-state index is -0.264. The monoisotopic (exact) mass is 366 g/mol. The van der Waals surface area contributed by atoms with Gasteiger partial charge in [0.15, 0.2) is 28.4 Å². The molecule has 5 rings (SSSR count). The summed E-state index contributed by atoms with van der Waals surface area (Å²) in [6, 6.07) is 15.3. The van der Waals surface area contributed by atoms with Crippen molar-refractivity contribution in [2.75, 3.05) is 13.7 Å². The van der Waals surface area contributed by atoms with E-state index in [1.54, 1.807) is 11.6 Å². The molecule has 0 aliphatic carbocycles. The molecule has 8 heteroatoms. The van der Waals surface area contributed by atoms with Gasteiger partial charge >= 0.3 is 0 Å². The van der Waals surface area contributed by atoms with Crippen LogP contribution in [0.25, 0.3) is 16.3 Å². The van der Waals surface area contributed by atoms with Crippen LogP contribution in [-0.4, -0.2) is 33.5 Å². The second kappa shape index (κ2) is 5.99. The average molecular weight is 366 g/mol. The van der Waals surface area contributed by atoms with Gasteiger partial charge in [0.25, 0.3) is 0 Å². The van der Waals surface area contributed by atoms with Crippen molar-refractivity contribution in [3.8, 4) is 28.6 Å². The Morgan fingerprint density at radius 3 is 2.69 bits per heavy atom. The Labute approximate surface area is 152 Å². The fraction of sp³-hybridized carbons (Fsp3) is 0.167. The first-order valence-electron chi connectivity index (χ1n) is 8.07. The van der Waals surface area contributed by atoms with Crippen molar-refractivity contribution >= 4 is 16.3 Å². The zero-order valence-electron chi connectivity index (χ0n) is 13.8. The topological polar surface area (TPSA) is 70.8 Å². The van der Waals surface area contributed by atoms with Crippen LogP contribution in [0.4, 0.5) is 0 Å². The minimum Gasteiger partial charge on any atom is -0.497 e. The molecule has 0 N–H and O–H groups in total. The van der Waals surface area contributed by atoms with Gasteiger partial charge in [0.05, 0.1) is 7.11 Å². The number of benzene rings is 2. The molecule has 0 saturated heterocycles. The average Bonchev–Trinajstić information content (AvgIpc) is 3.28. The molecule has 1 atom stereocenters. The Bertz CT molecular complexity index is 1070. The van der Waals surface area contributed by atoms with Crippen LogP contribution in [0.3, 0.4) is 0 Å². The zero-order chi connectivity index (χ0) is 17.5. The summed E-state index contributed by atoms with van der Waals surface area (Å²) in [4.78, 5) is 0.716. The van der Waals surface area contributed by atoms with Crippen LogP contribution in [0.5, 0.6) is 17.2 Å². The lowest BCUT2D eigenvalue weighted by Gasteiger charge is -2.24. The van der Waals surface area contributed by atoms with Gasteiger partial charge in [-0.05, 0) is 36.4 Å². The van der Waals surface area contributed by atoms with Crippen LogP contribution in [0.1, 0.15) is 11.1 Å². The van der Waals surface area contributed by atoms with E-state index in [4.69, 9.17) is 14.2 Å². The normalized spacial score (nSPS) is 16.0. The van der Waals surface area contributed by atoms with Crippen LogP contribution < -0.4 is 14.2 Å². The minimum absolute atomic E-state index is 0.264. The predicted octanol–water partition coefficient (Wildman–Crippen LogP) is 3.37. The molecular weight excluding hydrogens is 352 g/mol. The first kappa shape index (κ1) is 15.2. The quantitative estimate of drug-likeness (QED) is 0.554. The second-order valence-electron chi connectivity index (χ2n) is 5.75. The molecule has 3 heterocycles. The molecule has 0 bridgehead atoms. The van der Waals surface area contributed by atoms with E-state index in [9.17, 15) is 0 Å². The molecule has 130 valence electrons. The molecule has 2 aromatic heterocycles. The number of methoxy groups -OCH3 is 1. The molecule has 1 aliphatic heterocycles. The van der Waals surface area contributed by atoms with Crippen LogP contribution in [0.2, 0.25) is 0 Å². The lowest BCUT2D eigenvalue weighted by Crippen LogP contribution is -2.21. The van der Waals surface area contributed by atoms with E-state index in [1.807, 2.05) is 48.5 Å². The largest absolute Gasteiger partial charge is 0.497 e. The maximum atomic E-state index is 6.04. The molecular formula is C18H14N4O3S. The van der Waals surface area contributed by atoms with E-state index < -0.39 is 0 Å². The molecule has 7 nitrogen and oxygen atoms in total. The van der Waals surface area contributed by atoms with Crippen molar-refractivity contribution in [3.63, 3.8) is 0 Å². The molecule has 1 aliphatic rings. The van der Waals surface area contributed by atoms with Gasteiger partial charge in [-0.1, -0.05) is 23.5 Å². The van der Waals surface area contributed by atoms with Gasteiger partial charge in [-0.15, -0.1) is 10.2 Å². The summed E-state index contributed by atoms with van der Waals surface area (Å²) in [5, 5.41) is 14.0. The van der Waals surface area contributed by atoms with Gasteiger partial charge in [-0.3, -0.25) is 0 Å². The molecule has 2 aromatic carbocycles. The zero-order valence-corrected chi connectivity index (χ0v) is 14.6. The van der Waals surface area contributed by atoms with Gasteiger partial charge < -0.3 is 14.2 Å². The van der Waals surface area contributed by atoms with Gasteiger partial charge in [0.2, 0.25) is 4.96 Å². The van der Waals surface area contributed by atoms with E-state index in [0.717, 1.165) is 27.8 Å². The predicted molar refractivity (Wildman–Crippen MR) is 96.0 cm³/mol. The maximum Gasteiger partial charge on any atom is 0.235 e. The summed E-state index contributed by atoms with van der Waals surface area (Å²) in [7, 11) is 1.64. The molecule has 0 saturated carbocycles. The summed E-state index contributed by atoms with van der Waals surface area (Å²) in [6.07, 6.45) is -0.264. The summed E-state index contributed by atoms with van der Waals surface area (Å²) in [5.74, 6) is 2.96. The van der Waals surface area contributed by atoms with Crippen LogP contribution in [0, 0.1) is 0 Å². The highest BCUT2D eigenvalue weighted by Gasteiger charge is 2.27. The first-order chi connectivity index (χ1) is 12.8. The van der Waals surface area contributed by atoms with Gasteiger partial charge in [-0.2, -0.15) is 9.61 Å². The number of fused-ring (bicyclic) bond motifs is 2. The Balaban J connectivity index is 1.48. The lowest BCUT2D eigenvalue weighted by molar-refractivity contribution is 0.0904. The number of hydrogen-bond donors (Lipinski definition) is 0. The SMILES string of the molecule is COc1ccc(-c2nnc3sc([C@H]4COc5ccccc5O4)nn23)cc1. The fourth-order valence-corrected chi connectivity index (χ4v) is 3.68. The molecule has 4 aromatic rings. The molecule has 0 spiro atoms. The molecule has 0 radical (unpaired) electrons. The van der Waals surface area contributed by atoms with E-state index in [-0.39, 0.29) is 6.10 Å². The van der Waals surface area contributed by atoms with Crippen molar-refractivity contribution in [1.82, 2.24) is 19.8 Å². The van der Waals surface area contributed by atoms with Crippen molar-refractivity contribution < 1.29 is 14.2 Å². The van der Waals surface area contributed by atoms with Crippen LogP contribution in [-0.2, 0) is 0 Å². The number of rotatable bonds is 3. The summed E-state index contributed by atoms with van der Waals surface area (Å²) >= 11 is 1.45. The van der Waals surface area contributed by atoms with E-state index in [1.165, 1.54) is 11.3 Å². The summed E-state index contributed by atoms with van der Waals surface area (Å²) < 4.78 is 18.8. The summed E-state index contributed by atoms with van der Waals surface area (Å²) in [5.41, 5.74) is 0.918. The van der Waals surface area contributed by atoms with E-state index >= 15 is 0 Å². The maximum absolute atomic E-state index is 6.04. The van der Waals surface area contributed by atoms with E-state index in [2.05, 4.69) is 15.3 Å². The van der Waals surface area contributed by atoms with E-state index in [0.29, 0.717) is 17.4 Å². The fourth-order valence-electron chi connectivity index (χ4n) is 2.82. The smallest absolute Gasteiger partial charge is 0.235 e. The Kier molecular flexibility index (Phi) is 3.49. The molecule has 26 heavy (non-hydrogen) atoms. The second-order valence-corrected chi connectivity index (χ2v) is 6.74. The number of ether oxygens (including phenoxy) is 3. The molecule has 0 amide bonds. The number of aromatic nitrogens is 4. The van der Waals surface area contributed by atoms with Gasteiger partial charge in [0, 0.05) is 5.56 Å². The van der Waals surface area contributed by atoms with Gasteiger partial charge in [0.1, 0.15) is 12.4 Å². The number of para-hydroxylation sites is 2. The third-order valence-corrected chi connectivity index (χ3v) is 5.13. The number of nitrogens with zero attached hydrogens (tertiary/aromatic N) is 4. The van der Waals surface area contributed by atoms with Crippen molar-refractivity contribution in [2.24, 2.45) is 0 Å². The third kappa shape index (κ3) is 2.46. The van der Waals surface area contributed by atoms with Crippen LogP contribution in [0.15, 0.2) is 48.5 Å². The van der Waals surface area contributed by atoms with Crippen molar-refractivity contribution in [2.45, 2.75) is 6.10 Å². The Morgan fingerprint density at radius 1 is 1.08 bits per heavy atom. The van der Waals surface area contributed by atoms with Crippen molar-refractivity contribution in [3.05, 3.63) is 53.5 Å². The van der Waals surface area contributed by atoms with Gasteiger partial charge in [-0.25, -0.2) is 0 Å². The third-order valence-electron chi connectivity index (χ3n) is 4.14.